The van der Waals surface area contributed by atoms with Crippen molar-refractivity contribution in [2.45, 2.75) is 12.5 Å². The van der Waals surface area contributed by atoms with Gasteiger partial charge >= 0.3 is 5.97 Å². The van der Waals surface area contributed by atoms with Gasteiger partial charge in [0.1, 0.15) is 0 Å². The van der Waals surface area contributed by atoms with E-state index in [0.29, 0.717) is 41.9 Å². The van der Waals surface area contributed by atoms with Crippen molar-refractivity contribution in [1.82, 2.24) is 4.90 Å². The molecule has 7 nitrogen and oxygen atoms in total. The predicted octanol–water partition coefficient (Wildman–Crippen LogP) is 2.08. The van der Waals surface area contributed by atoms with E-state index in [4.69, 9.17) is 0 Å². The zero-order valence-electron chi connectivity index (χ0n) is 14.9. The molecule has 2 aromatic carbocycles. The Hall–Kier alpha value is -3.45. The molecule has 0 aromatic heterocycles. The van der Waals surface area contributed by atoms with Crippen LogP contribution in [0.2, 0.25) is 0 Å². The van der Waals surface area contributed by atoms with Gasteiger partial charge in [0, 0.05) is 35.5 Å². The van der Waals surface area contributed by atoms with Crippen molar-refractivity contribution >= 4 is 35.1 Å². The van der Waals surface area contributed by atoms with Gasteiger partial charge in [0.25, 0.3) is 11.8 Å². The van der Waals surface area contributed by atoms with Crippen molar-refractivity contribution in [1.29, 1.82) is 0 Å². The Morgan fingerprint density at radius 1 is 1.11 bits per heavy atom. The fraction of sp³-hybridized carbons (Fsp3) is 0.190. The first-order valence-corrected chi connectivity index (χ1v) is 8.90. The SMILES string of the molecule is O=C1Nc2ccc(C(=O)O)cc2C1=Cc1ccc(C(=O)N2CC[C@H](O)C2)cc1. The lowest BCUT2D eigenvalue weighted by Crippen LogP contribution is -2.29. The zero-order valence-corrected chi connectivity index (χ0v) is 14.9. The number of aliphatic hydroxyl groups is 1. The molecule has 0 bridgehead atoms. The van der Waals surface area contributed by atoms with Crippen LogP contribution < -0.4 is 5.32 Å². The van der Waals surface area contributed by atoms with E-state index in [1.165, 1.54) is 12.1 Å². The highest BCUT2D eigenvalue weighted by Gasteiger charge is 2.26. The summed E-state index contributed by atoms with van der Waals surface area (Å²) in [6, 6.07) is 11.3. The number of β-amino-alcohol motifs (C(OH)–C–C–N with tert-alkyl or cyclic N) is 1. The number of rotatable bonds is 3. The normalized spacial score (nSPS) is 19.6. The van der Waals surface area contributed by atoms with Crippen molar-refractivity contribution in [2.24, 2.45) is 0 Å². The number of nitrogens with one attached hydrogen (secondary N) is 1. The van der Waals surface area contributed by atoms with Crippen LogP contribution >= 0.6 is 0 Å². The quantitative estimate of drug-likeness (QED) is 0.709. The van der Waals surface area contributed by atoms with Crippen molar-refractivity contribution < 1.29 is 24.6 Å². The summed E-state index contributed by atoms with van der Waals surface area (Å²) in [6.07, 6.45) is 1.79. The largest absolute Gasteiger partial charge is 0.478 e. The number of carbonyl (C=O) groups is 3. The van der Waals surface area contributed by atoms with Crippen LogP contribution in [0.15, 0.2) is 42.5 Å². The van der Waals surface area contributed by atoms with Gasteiger partial charge in [0.2, 0.25) is 0 Å². The molecule has 7 heteroatoms. The van der Waals surface area contributed by atoms with E-state index in [1.54, 1.807) is 41.3 Å². The molecule has 2 aliphatic rings. The molecule has 2 aliphatic heterocycles. The average Bonchev–Trinajstić information content (AvgIpc) is 3.25. The number of likely N-dealkylation sites (tertiary alicyclic amines) is 1. The lowest BCUT2D eigenvalue weighted by atomic mass is 10.0. The molecule has 28 heavy (non-hydrogen) atoms. The fourth-order valence-corrected chi connectivity index (χ4v) is 3.46. The number of carboxylic acid groups (broad SMARTS) is 1. The summed E-state index contributed by atoms with van der Waals surface area (Å²) in [5.41, 5.74) is 2.82. The molecule has 1 saturated heterocycles. The molecule has 2 amide bonds. The second-order valence-electron chi connectivity index (χ2n) is 6.89. The third kappa shape index (κ3) is 3.27. The van der Waals surface area contributed by atoms with E-state index >= 15 is 0 Å². The summed E-state index contributed by atoms with van der Waals surface area (Å²) >= 11 is 0. The number of aliphatic hydroxyl groups excluding tert-OH is 1. The Balaban J connectivity index is 1.60. The minimum absolute atomic E-state index is 0.106. The summed E-state index contributed by atoms with van der Waals surface area (Å²) in [5.74, 6) is -1.49. The van der Waals surface area contributed by atoms with Gasteiger partial charge in [-0.15, -0.1) is 0 Å². The Kier molecular flexibility index (Phi) is 4.44. The molecule has 0 radical (unpaired) electrons. The van der Waals surface area contributed by atoms with Gasteiger partial charge in [-0.2, -0.15) is 0 Å². The van der Waals surface area contributed by atoms with Gasteiger partial charge in [0.05, 0.1) is 11.7 Å². The number of aromatic carboxylic acids is 1. The van der Waals surface area contributed by atoms with E-state index in [0.717, 1.165) is 5.56 Å². The van der Waals surface area contributed by atoms with Crippen LogP contribution in [0.1, 0.15) is 38.3 Å². The maximum atomic E-state index is 12.4. The van der Waals surface area contributed by atoms with Crippen molar-refractivity contribution in [2.75, 3.05) is 18.4 Å². The van der Waals surface area contributed by atoms with Crippen LogP contribution in [-0.4, -0.2) is 52.1 Å². The number of hydrogen-bond donors (Lipinski definition) is 3. The van der Waals surface area contributed by atoms with E-state index in [-0.39, 0.29) is 17.4 Å². The molecule has 2 heterocycles. The number of nitrogens with zero attached hydrogens (tertiary/aromatic N) is 1. The van der Waals surface area contributed by atoms with Crippen LogP contribution in [0.5, 0.6) is 0 Å². The van der Waals surface area contributed by atoms with E-state index in [1.807, 2.05) is 0 Å². The Morgan fingerprint density at radius 3 is 2.46 bits per heavy atom. The standard InChI is InChI=1S/C21H18N2O5/c24-15-7-8-23(11-15)20(26)13-3-1-12(2-4-13)9-17-16-10-14(21(27)28)5-6-18(16)22-19(17)25/h1-6,9-10,15,24H,7-8,11H2,(H,22,25)(H,27,28)/t15-/m0/s1. The van der Waals surface area contributed by atoms with Crippen LogP contribution in [0.3, 0.4) is 0 Å². The third-order valence-corrected chi connectivity index (χ3v) is 4.97. The highest BCUT2D eigenvalue weighted by Crippen LogP contribution is 2.34. The minimum Gasteiger partial charge on any atom is -0.478 e. The Bertz CT molecular complexity index is 1010. The Labute approximate surface area is 160 Å². The molecule has 2 aromatic rings. The molecular weight excluding hydrogens is 360 g/mol. The van der Waals surface area contributed by atoms with Crippen molar-refractivity contribution in [3.63, 3.8) is 0 Å². The monoisotopic (exact) mass is 378 g/mol. The molecule has 0 unspecified atom stereocenters. The van der Waals surface area contributed by atoms with Gasteiger partial charge in [-0.1, -0.05) is 12.1 Å². The summed E-state index contributed by atoms with van der Waals surface area (Å²) < 4.78 is 0. The lowest BCUT2D eigenvalue weighted by molar-refractivity contribution is -0.110. The third-order valence-electron chi connectivity index (χ3n) is 4.97. The van der Waals surface area contributed by atoms with Gasteiger partial charge in [-0.05, 0) is 48.4 Å². The van der Waals surface area contributed by atoms with Gasteiger partial charge in [0.15, 0.2) is 0 Å². The highest BCUT2D eigenvalue weighted by molar-refractivity contribution is 6.35. The van der Waals surface area contributed by atoms with Crippen LogP contribution in [0.4, 0.5) is 5.69 Å². The van der Waals surface area contributed by atoms with E-state index in [2.05, 4.69) is 5.32 Å². The number of benzene rings is 2. The van der Waals surface area contributed by atoms with Gasteiger partial charge < -0.3 is 20.4 Å². The van der Waals surface area contributed by atoms with Crippen molar-refractivity contribution in [3.8, 4) is 0 Å². The molecule has 4 rings (SSSR count). The molecule has 1 fully saturated rings. The fourth-order valence-electron chi connectivity index (χ4n) is 3.46. The Morgan fingerprint density at radius 2 is 1.82 bits per heavy atom. The van der Waals surface area contributed by atoms with E-state index < -0.39 is 12.1 Å². The predicted molar refractivity (Wildman–Crippen MR) is 103 cm³/mol. The van der Waals surface area contributed by atoms with Crippen LogP contribution in [-0.2, 0) is 4.79 Å². The zero-order chi connectivity index (χ0) is 19.8. The van der Waals surface area contributed by atoms with Crippen LogP contribution in [0.25, 0.3) is 11.6 Å². The molecule has 0 spiro atoms. The van der Waals surface area contributed by atoms with Crippen LogP contribution in [0, 0.1) is 0 Å². The molecule has 3 N–H and O–H groups in total. The topological polar surface area (TPSA) is 107 Å². The first-order chi connectivity index (χ1) is 13.4. The van der Waals surface area contributed by atoms with Crippen molar-refractivity contribution in [3.05, 3.63) is 64.7 Å². The minimum atomic E-state index is -1.06. The maximum Gasteiger partial charge on any atom is 0.335 e. The number of anilines is 1. The van der Waals surface area contributed by atoms with Gasteiger partial charge in [-0.3, -0.25) is 9.59 Å². The summed E-state index contributed by atoms with van der Waals surface area (Å²) in [4.78, 5) is 37.5. The maximum absolute atomic E-state index is 12.4. The average molecular weight is 378 g/mol. The summed E-state index contributed by atoms with van der Waals surface area (Å²) in [5, 5.41) is 21.5. The second kappa shape index (κ2) is 6.94. The molecule has 0 saturated carbocycles. The number of amides is 2. The smallest absolute Gasteiger partial charge is 0.335 e. The molecule has 142 valence electrons. The second-order valence-corrected chi connectivity index (χ2v) is 6.89. The van der Waals surface area contributed by atoms with E-state index in [9.17, 15) is 24.6 Å². The lowest BCUT2D eigenvalue weighted by Gasteiger charge is -2.15. The number of carboxylic acids is 1. The summed E-state index contributed by atoms with van der Waals surface area (Å²) in [7, 11) is 0. The molecular formula is C21H18N2O5. The number of carbonyl (C=O) groups excluding carboxylic acids is 2. The first-order valence-electron chi connectivity index (χ1n) is 8.90. The van der Waals surface area contributed by atoms with Gasteiger partial charge in [-0.25, -0.2) is 4.79 Å². The highest BCUT2D eigenvalue weighted by atomic mass is 16.4. The number of fused-ring (bicyclic) bond motifs is 1. The molecule has 1 atom stereocenters. The summed E-state index contributed by atoms with van der Waals surface area (Å²) in [6.45, 7) is 0.877. The molecule has 0 aliphatic carbocycles. The first kappa shape index (κ1) is 17.9. The number of hydrogen-bond acceptors (Lipinski definition) is 4.